The van der Waals surface area contributed by atoms with E-state index in [-0.39, 0.29) is 23.6 Å². The van der Waals surface area contributed by atoms with Gasteiger partial charge in [0.05, 0.1) is 18.1 Å². The van der Waals surface area contributed by atoms with Crippen molar-refractivity contribution in [2.75, 3.05) is 50.8 Å². The fraction of sp³-hybridized carbons (Fsp3) is 0.500. The number of hydrogen-bond donors (Lipinski definition) is 0. The number of nitrogens with zero attached hydrogens (tertiary/aromatic N) is 3. The number of likely N-dealkylation sites (tertiary alicyclic amines) is 1. The maximum absolute atomic E-state index is 12.7. The van der Waals surface area contributed by atoms with Gasteiger partial charge < -0.3 is 14.5 Å². The van der Waals surface area contributed by atoms with Crippen LogP contribution in [-0.4, -0.2) is 72.8 Å². The van der Waals surface area contributed by atoms with Gasteiger partial charge >= 0.3 is 0 Å². The van der Waals surface area contributed by atoms with Crippen LogP contribution >= 0.6 is 11.8 Å². The summed E-state index contributed by atoms with van der Waals surface area (Å²) in [6.07, 6.45) is 5.93. The molecule has 0 saturated carbocycles. The standard InChI is InChI=1S/C22H27N3O4S/c26-20(24-9-3-1-2-4-10-24)16-25-21(27)19(30-22(25)28)15-17-5-7-18(8-6-17)23-11-13-29-14-12-23/h5-8,15H,1-4,9-14,16H2/b19-15+. The Balaban J connectivity index is 1.40. The van der Waals surface area contributed by atoms with Gasteiger partial charge in [0.1, 0.15) is 6.54 Å². The molecule has 4 rings (SSSR count). The average molecular weight is 430 g/mol. The van der Waals surface area contributed by atoms with E-state index in [2.05, 4.69) is 4.90 Å². The van der Waals surface area contributed by atoms with Gasteiger partial charge in [-0.3, -0.25) is 19.3 Å². The summed E-state index contributed by atoms with van der Waals surface area (Å²) in [6.45, 7) is 4.43. The first kappa shape index (κ1) is 20.9. The summed E-state index contributed by atoms with van der Waals surface area (Å²) in [6, 6.07) is 7.93. The van der Waals surface area contributed by atoms with E-state index in [1.165, 1.54) is 0 Å². The van der Waals surface area contributed by atoms with Gasteiger partial charge in [-0.25, -0.2) is 0 Å². The average Bonchev–Trinajstić information content (AvgIpc) is 2.97. The molecule has 3 amide bonds. The zero-order chi connectivity index (χ0) is 20.9. The van der Waals surface area contributed by atoms with E-state index in [4.69, 9.17) is 4.74 Å². The highest BCUT2D eigenvalue weighted by Gasteiger charge is 2.37. The minimum absolute atomic E-state index is 0.143. The molecule has 3 fully saturated rings. The molecule has 30 heavy (non-hydrogen) atoms. The van der Waals surface area contributed by atoms with Crippen molar-refractivity contribution in [3.05, 3.63) is 34.7 Å². The Morgan fingerprint density at radius 2 is 1.63 bits per heavy atom. The lowest BCUT2D eigenvalue weighted by molar-refractivity contribution is -0.135. The Hall–Kier alpha value is -2.32. The van der Waals surface area contributed by atoms with Crippen LogP contribution in [0.1, 0.15) is 31.2 Å². The number of imide groups is 1. The Morgan fingerprint density at radius 1 is 0.967 bits per heavy atom. The minimum Gasteiger partial charge on any atom is -0.378 e. The van der Waals surface area contributed by atoms with Crippen molar-refractivity contribution in [1.29, 1.82) is 0 Å². The van der Waals surface area contributed by atoms with Crippen LogP contribution in [0.5, 0.6) is 0 Å². The number of morpholine rings is 1. The van der Waals surface area contributed by atoms with Crippen LogP contribution in [0.15, 0.2) is 29.2 Å². The maximum atomic E-state index is 12.7. The second-order valence-electron chi connectivity index (χ2n) is 7.75. The molecule has 1 aromatic carbocycles. The van der Waals surface area contributed by atoms with E-state index in [9.17, 15) is 14.4 Å². The lowest BCUT2D eigenvalue weighted by Gasteiger charge is -2.28. The largest absolute Gasteiger partial charge is 0.378 e. The summed E-state index contributed by atoms with van der Waals surface area (Å²) >= 11 is 0.903. The molecule has 7 nitrogen and oxygen atoms in total. The molecule has 0 aromatic heterocycles. The quantitative estimate of drug-likeness (QED) is 0.686. The molecule has 0 atom stereocenters. The van der Waals surface area contributed by atoms with E-state index in [1.54, 1.807) is 11.0 Å². The number of amides is 3. The zero-order valence-electron chi connectivity index (χ0n) is 17.0. The zero-order valence-corrected chi connectivity index (χ0v) is 17.9. The predicted octanol–water partition coefficient (Wildman–Crippen LogP) is 2.96. The SMILES string of the molecule is O=C(CN1C(=O)S/C(=C/c2ccc(N3CCOCC3)cc2)C1=O)N1CCCCCC1. The highest BCUT2D eigenvalue weighted by molar-refractivity contribution is 8.18. The first-order chi connectivity index (χ1) is 14.6. The second kappa shape index (κ2) is 9.66. The van der Waals surface area contributed by atoms with E-state index in [0.29, 0.717) is 18.0 Å². The van der Waals surface area contributed by atoms with Crippen LogP contribution in [0.3, 0.4) is 0 Å². The molecule has 0 unspecified atom stereocenters. The molecule has 0 radical (unpaired) electrons. The number of carbonyl (C=O) groups excluding carboxylic acids is 3. The summed E-state index contributed by atoms with van der Waals surface area (Å²) in [7, 11) is 0. The van der Waals surface area contributed by atoms with E-state index >= 15 is 0 Å². The van der Waals surface area contributed by atoms with Gasteiger partial charge in [-0.1, -0.05) is 25.0 Å². The fourth-order valence-corrected chi connectivity index (χ4v) is 4.78. The molecule has 160 valence electrons. The van der Waals surface area contributed by atoms with Gasteiger partial charge in [0.15, 0.2) is 0 Å². The molecule has 3 heterocycles. The van der Waals surface area contributed by atoms with Crippen LogP contribution in [0.4, 0.5) is 10.5 Å². The second-order valence-corrected chi connectivity index (χ2v) is 8.75. The lowest BCUT2D eigenvalue weighted by atomic mass is 10.1. The van der Waals surface area contributed by atoms with Crippen LogP contribution in [0.2, 0.25) is 0 Å². The first-order valence-corrected chi connectivity index (χ1v) is 11.4. The molecule has 1 aromatic rings. The monoisotopic (exact) mass is 429 g/mol. The van der Waals surface area contributed by atoms with Gasteiger partial charge in [-0.2, -0.15) is 0 Å². The fourth-order valence-electron chi connectivity index (χ4n) is 3.95. The molecule has 8 heteroatoms. The van der Waals surface area contributed by atoms with E-state index < -0.39 is 0 Å². The number of benzene rings is 1. The van der Waals surface area contributed by atoms with Crippen molar-refractivity contribution in [2.24, 2.45) is 0 Å². The van der Waals surface area contributed by atoms with Gasteiger partial charge in [0, 0.05) is 31.9 Å². The number of rotatable bonds is 4. The van der Waals surface area contributed by atoms with E-state index in [1.807, 2.05) is 24.3 Å². The predicted molar refractivity (Wildman–Crippen MR) is 117 cm³/mol. The van der Waals surface area contributed by atoms with Crippen molar-refractivity contribution in [2.45, 2.75) is 25.7 Å². The summed E-state index contributed by atoms with van der Waals surface area (Å²) in [5, 5.41) is -0.376. The Bertz CT molecular complexity index is 825. The molecular weight excluding hydrogens is 402 g/mol. The number of anilines is 1. The van der Waals surface area contributed by atoms with Crippen molar-refractivity contribution >= 4 is 40.6 Å². The highest BCUT2D eigenvalue weighted by atomic mass is 32.2. The number of thioether (sulfide) groups is 1. The molecule has 0 N–H and O–H groups in total. The molecule has 0 bridgehead atoms. The molecule has 3 aliphatic heterocycles. The molecule has 0 aliphatic carbocycles. The molecule has 3 aliphatic rings. The number of carbonyl (C=O) groups is 3. The topological polar surface area (TPSA) is 70.2 Å². The van der Waals surface area contributed by atoms with Crippen LogP contribution in [0, 0.1) is 0 Å². The third kappa shape index (κ3) is 4.87. The Labute approximate surface area is 181 Å². The van der Waals surface area contributed by atoms with Crippen molar-refractivity contribution in [3.63, 3.8) is 0 Å². The van der Waals surface area contributed by atoms with Gasteiger partial charge in [-0.15, -0.1) is 0 Å². The van der Waals surface area contributed by atoms with Crippen molar-refractivity contribution < 1.29 is 19.1 Å². The van der Waals surface area contributed by atoms with Gasteiger partial charge in [0.2, 0.25) is 5.91 Å². The van der Waals surface area contributed by atoms with Gasteiger partial charge in [-0.05, 0) is 48.4 Å². The summed E-state index contributed by atoms with van der Waals surface area (Å²) < 4.78 is 5.38. The molecule has 3 saturated heterocycles. The van der Waals surface area contributed by atoms with Crippen molar-refractivity contribution in [3.8, 4) is 0 Å². The summed E-state index contributed by atoms with van der Waals surface area (Å²) in [4.78, 5) is 43.2. The summed E-state index contributed by atoms with van der Waals surface area (Å²) in [5.41, 5.74) is 1.97. The maximum Gasteiger partial charge on any atom is 0.294 e. The first-order valence-electron chi connectivity index (χ1n) is 10.6. The van der Waals surface area contributed by atoms with E-state index in [0.717, 1.165) is 79.9 Å². The molecule has 0 spiro atoms. The van der Waals surface area contributed by atoms with Crippen LogP contribution in [-0.2, 0) is 14.3 Å². The Kier molecular flexibility index (Phi) is 6.74. The third-order valence-corrected chi connectivity index (χ3v) is 6.60. The minimum atomic E-state index is -0.384. The normalized spacial score (nSPS) is 22.0. The molecular formula is C22H27N3O4S. The number of hydrogen-bond acceptors (Lipinski definition) is 6. The van der Waals surface area contributed by atoms with Crippen molar-refractivity contribution in [1.82, 2.24) is 9.80 Å². The smallest absolute Gasteiger partial charge is 0.294 e. The number of ether oxygens (including phenoxy) is 1. The summed E-state index contributed by atoms with van der Waals surface area (Å²) in [5.74, 6) is -0.527. The Morgan fingerprint density at radius 3 is 2.30 bits per heavy atom. The third-order valence-electron chi connectivity index (χ3n) is 5.69. The van der Waals surface area contributed by atoms with Gasteiger partial charge in [0.25, 0.3) is 11.1 Å². The highest BCUT2D eigenvalue weighted by Crippen LogP contribution is 2.32. The lowest BCUT2D eigenvalue weighted by Crippen LogP contribution is -2.42. The van der Waals surface area contributed by atoms with Crippen LogP contribution in [0.25, 0.3) is 6.08 Å². The van der Waals surface area contributed by atoms with Crippen LogP contribution < -0.4 is 4.90 Å².